The number of aromatic nitrogens is 3. The summed E-state index contributed by atoms with van der Waals surface area (Å²) < 4.78 is 6.46. The predicted molar refractivity (Wildman–Crippen MR) is 73.8 cm³/mol. The highest BCUT2D eigenvalue weighted by Crippen LogP contribution is 2.10. The molecule has 0 unspecified atom stereocenters. The number of anilines is 1. The quantitative estimate of drug-likeness (QED) is 0.475. The van der Waals surface area contributed by atoms with E-state index in [9.17, 15) is 0 Å². The zero-order valence-corrected chi connectivity index (χ0v) is 10.9. The minimum Gasteiger partial charge on any atom is -0.497 e. The van der Waals surface area contributed by atoms with Gasteiger partial charge in [-0.15, -0.1) is 10.2 Å². The zero-order chi connectivity index (χ0) is 13.7. The minimum absolute atomic E-state index is 0.404. The second-order valence-corrected chi connectivity index (χ2v) is 3.81. The van der Waals surface area contributed by atoms with Gasteiger partial charge in [0.15, 0.2) is 5.82 Å². The fraction of sp³-hybridized carbons (Fsp3) is 0.250. The second-order valence-electron chi connectivity index (χ2n) is 3.81. The van der Waals surface area contributed by atoms with Crippen molar-refractivity contribution in [1.82, 2.24) is 14.9 Å². The molecule has 19 heavy (non-hydrogen) atoms. The maximum Gasteiger partial charge on any atom is 0.263 e. The highest BCUT2D eigenvalue weighted by atomic mass is 16.5. The number of hydrazone groups is 1. The Hall–Kier alpha value is -2.57. The van der Waals surface area contributed by atoms with Gasteiger partial charge in [-0.3, -0.25) is 0 Å². The first kappa shape index (κ1) is 12.9. The van der Waals surface area contributed by atoms with Gasteiger partial charge in [-0.25, -0.2) is 10.1 Å². The summed E-state index contributed by atoms with van der Waals surface area (Å²) in [5.41, 5.74) is 3.68. The lowest BCUT2D eigenvalue weighted by Crippen LogP contribution is -2.14. The summed E-state index contributed by atoms with van der Waals surface area (Å²) in [4.78, 5) is 0. The molecule has 100 valence electrons. The third-order valence-electron chi connectivity index (χ3n) is 2.58. The van der Waals surface area contributed by atoms with Crippen LogP contribution in [0.25, 0.3) is 0 Å². The summed E-state index contributed by atoms with van der Waals surface area (Å²) >= 11 is 0. The fourth-order valence-corrected chi connectivity index (χ4v) is 1.50. The first-order chi connectivity index (χ1) is 9.24. The number of benzene rings is 1. The topological polar surface area (TPSA) is 90.4 Å². The molecule has 0 saturated carbocycles. The van der Waals surface area contributed by atoms with E-state index < -0.39 is 0 Å². The highest BCUT2D eigenvalue weighted by molar-refractivity contribution is 5.80. The van der Waals surface area contributed by atoms with Crippen LogP contribution >= 0.6 is 0 Å². The van der Waals surface area contributed by atoms with Crippen LogP contribution in [0.4, 0.5) is 5.95 Å². The number of rotatable bonds is 5. The summed E-state index contributed by atoms with van der Waals surface area (Å²) in [6, 6.07) is 7.52. The van der Waals surface area contributed by atoms with Gasteiger partial charge in [0.2, 0.25) is 0 Å². The number of ether oxygens (including phenoxy) is 1. The zero-order valence-electron chi connectivity index (χ0n) is 10.9. The molecule has 0 radical (unpaired) electrons. The Morgan fingerprint density at radius 2 is 2.11 bits per heavy atom. The van der Waals surface area contributed by atoms with E-state index in [-0.39, 0.29) is 0 Å². The molecule has 0 spiro atoms. The predicted octanol–water partition coefficient (Wildman–Crippen LogP) is 1.01. The van der Waals surface area contributed by atoms with E-state index in [0.717, 1.165) is 11.3 Å². The van der Waals surface area contributed by atoms with Gasteiger partial charge in [-0.1, -0.05) is 6.92 Å². The number of nitrogens with two attached hydrogens (primary N) is 1. The van der Waals surface area contributed by atoms with Gasteiger partial charge in [-0.2, -0.15) is 5.10 Å². The Kier molecular flexibility index (Phi) is 3.97. The third-order valence-corrected chi connectivity index (χ3v) is 2.58. The number of nitrogens with zero attached hydrogens (tertiary/aromatic N) is 4. The number of nitrogen functional groups attached to an aromatic ring is 1. The lowest BCUT2D eigenvalue weighted by atomic mass is 10.2. The molecule has 0 aliphatic heterocycles. The molecule has 7 nitrogen and oxygen atoms in total. The van der Waals surface area contributed by atoms with Gasteiger partial charge < -0.3 is 10.6 Å². The standard InChI is InChI=1S/C12H16N6O/c1-3-11-15-17-12(18(11)13)16-14-8-9-4-6-10(19-2)7-5-9/h4-8H,3,13H2,1-2H3,(H,16,17). The summed E-state index contributed by atoms with van der Waals surface area (Å²) in [7, 11) is 1.63. The summed E-state index contributed by atoms with van der Waals surface area (Å²) in [5.74, 6) is 7.68. The molecule has 2 rings (SSSR count). The van der Waals surface area contributed by atoms with Crippen LogP contribution < -0.4 is 16.0 Å². The van der Waals surface area contributed by atoms with Gasteiger partial charge in [0.05, 0.1) is 13.3 Å². The molecule has 7 heteroatoms. The average molecular weight is 260 g/mol. The second kappa shape index (κ2) is 5.85. The van der Waals surface area contributed by atoms with Crippen molar-refractivity contribution in [2.45, 2.75) is 13.3 Å². The molecule has 2 aromatic rings. The van der Waals surface area contributed by atoms with E-state index in [1.54, 1.807) is 13.3 Å². The number of methoxy groups -OCH3 is 1. The Labute approximate surface area is 111 Å². The van der Waals surface area contributed by atoms with Crippen molar-refractivity contribution < 1.29 is 4.74 Å². The Balaban J connectivity index is 2.00. The van der Waals surface area contributed by atoms with E-state index >= 15 is 0 Å². The normalized spacial score (nSPS) is 10.8. The van der Waals surface area contributed by atoms with Crippen LogP contribution in [0, 0.1) is 0 Å². The fourth-order valence-electron chi connectivity index (χ4n) is 1.50. The maximum atomic E-state index is 5.77. The smallest absolute Gasteiger partial charge is 0.263 e. The molecule has 1 heterocycles. The summed E-state index contributed by atoms with van der Waals surface area (Å²) in [5, 5.41) is 11.9. The van der Waals surface area contributed by atoms with Gasteiger partial charge in [-0.05, 0) is 29.8 Å². The van der Waals surface area contributed by atoms with E-state index in [1.807, 2.05) is 31.2 Å². The van der Waals surface area contributed by atoms with Crippen LogP contribution in [0.3, 0.4) is 0 Å². The van der Waals surface area contributed by atoms with Crippen molar-refractivity contribution >= 4 is 12.2 Å². The Morgan fingerprint density at radius 1 is 1.37 bits per heavy atom. The molecule has 1 aromatic heterocycles. The molecule has 3 N–H and O–H groups in total. The number of hydrogen-bond acceptors (Lipinski definition) is 6. The lowest BCUT2D eigenvalue weighted by Gasteiger charge is -2.01. The van der Waals surface area contributed by atoms with Gasteiger partial charge in [0.25, 0.3) is 5.95 Å². The Bertz CT molecular complexity index is 560. The number of nitrogens with one attached hydrogen (secondary N) is 1. The molecular formula is C12H16N6O. The molecule has 0 aliphatic carbocycles. The van der Waals surface area contributed by atoms with Crippen LogP contribution in [0.15, 0.2) is 29.4 Å². The number of hydrogen-bond donors (Lipinski definition) is 2. The molecular weight excluding hydrogens is 244 g/mol. The van der Waals surface area contributed by atoms with Gasteiger partial charge >= 0.3 is 0 Å². The summed E-state index contributed by atoms with van der Waals surface area (Å²) in [6.45, 7) is 1.96. The van der Waals surface area contributed by atoms with E-state index in [0.29, 0.717) is 18.2 Å². The van der Waals surface area contributed by atoms with E-state index in [1.165, 1.54) is 4.68 Å². The van der Waals surface area contributed by atoms with E-state index in [2.05, 4.69) is 20.7 Å². The molecule has 0 bridgehead atoms. The van der Waals surface area contributed by atoms with Crippen LogP contribution in [0.2, 0.25) is 0 Å². The average Bonchev–Trinajstić information content (AvgIpc) is 2.80. The molecule has 0 atom stereocenters. The third kappa shape index (κ3) is 3.01. The van der Waals surface area contributed by atoms with Gasteiger partial charge in [0.1, 0.15) is 5.75 Å². The van der Waals surface area contributed by atoms with Crippen molar-refractivity contribution in [3.05, 3.63) is 35.7 Å². The largest absolute Gasteiger partial charge is 0.497 e. The molecule has 0 fully saturated rings. The molecule has 0 amide bonds. The molecule has 0 saturated heterocycles. The monoisotopic (exact) mass is 260 g/mol. The maximum absolute atomic E-state index is 5.77. The Morgan fingerprint density at radius 3 is 2.68 bits per heavy atom. The van der Waals surface area contributed by atoms with Crippen LogP contribution in [-0.4, -0.2) is 28.2 Å². The SMILES string of the molecule is CCc1nnc(NN=Cc2ccc(OC)cc2)n1N. The van der Waals surface area contributed by atoms with Crippen molar-refractivity contribution in [2.75, 3.05) is 18.4 Å². The first-order valence-electron chi connectivity index (χ1n) is 5.87. The summed E-state index contributed by atoms with van der Waals surface area (Å²) in [6.07, 6.45) is 2.38. The van der Waals surface area contributed by atoms with Crippen LogP contribution in [0.5, 0.6) is 5.75 Å². The number of aryl methyl sites for hydroxylation is 1. The lowest BCUT2D eigenvalue weighted by molar-refractivity contribution is 0.415. The van der Waals surface area contributed by atoms with Crippen molar-refractivity contribution in [3.8, 4) is 5.75 Å². The van der Waals surface area contributed by atoms with Crippen LogP contribution in [-0.2, 0) is 6.42 Å². The van der Waals surface area contributed by atoms with Crippen molar-refractivity contribution in [1.29, 1.82) is 0 Å². The molecule has 0 aliphatic rings. The van der Waals surface area contributed by atoms with Crippen LogP contribution in [0.1, 0.15) is 18.3 Å². The van der Waals surface area contributed by atoms with E-state index in [4.69, 9.17) is 10.6 Å². The molecule has 1 aromatic carbocycles. The first-order valence-corrected chi connectivity index (χ1v) is 5.87. The van der Waals surface area contributed by atoms with Crippen molar-refractivity contribution in [2.24, 2.45) is 5.10 Å². The van der Waals surface area contributed by atoms with Gasteiger partial charge in [0, 0.05) is 6.42 Å². The highest BCUT2D eigenvalue weighted by Gasteiger charge is 2.05. The van der Waals surface area contributed by atoms with Crippen molar-refractivity contribution in [3.63, 3.8) is 0 Å². The minimum atomic E-state index is 0.404.